The number of hydrogen-bond donors (Lipinski definition) is 2. The van der Waals surface area contributed by atoms with Crippen LogP contribution in [0.1, 0.15) is 133 Å². The van der Waals surface area contributed by atoms with Crippen molar-refractivity contribution < 1.29 is 43.2 Å². The quantitative estimate of drug-likeness (QED) is 0.0519. The number of fused-ring (bicyclic) bond motifs is 2. The molecule has 6 unspecified atom stereocenters. The number of amides is 1. The number of rotatable bonds is 27. The first kappa shape index (κ1) is 47.1. The molecule has 2 aliphatic carbocycles. The van der Waals surface area contributed by atoms with Gasteiger partial charge in [-0.25, -0.2) is 9.18 Å². The summed E-state index contributed by atoms with van der Waals surface area (Å²) in [6.45, 7) is 6.98. The van der Waals surface area contributed by atoms with Gasteiger partial charge in [-0.15, -0.1) is 6.58 Å². The fraction of sp³-hybridized carbons (Fsp3) is 0.633. The number of ether oxygens (including phenoxy) is 4. The molecule has 1 saturated carbocycles. The van der Waals surface area contributed by atoms with E-state index in [1.54, 1.807) is 36.2 Å². The van der Waals surface area contributed by atoms with Gasteiger partial charge in [0.25, 0.3) is 0 Å². The Morgan fingerprint density at radius 3 is 2.35 bits per heavy atom. The molecule has 5 rings (SSSR count). The van der Waals surface area contributed by atoms with Crippen molar-refractivity contribution in [3.05, 3.63) is 83.7 Å². The minimum absolute atomic E-state index is 0.0560. The topological polar surface area (TPSA) is 119 Å². The lowest BCUT2D eigenvalue weighted by molar-refractivity contribution is -0.253. The van der Waals surface area contributed by atoms with E-state index in [4.69, 9.17) is 23.8 Å². The Morgan fingerprint density at radius 2 is 1.67 bits per heavy atom. The lowest BCUT2D eigenvalue weighted by Crippen LogP contribution is -2.69. The summed E-state index contributed by atoms with van der Waals surface area (Å²) in [5.74, 6) is -0.978. The third kappa shape index (κ3) is 11.9. The highest BCUT2D eigenvalue weighted by atomic mass is 19.1. The van der Waals surface area contributed by atoms with Crippen molar-refractivity contribution in [3.63, 3.8) is 0 Å². The van der Waals surface area contributed by atoms with Gasteiger partial charge in [0.15, 0.2) is 0 Å². The van der Waals surface area contributed by atoms with E-state index in [2.05, 4.69) is 24.7 Å². The number of likely N-dealkylation sites (N-methyl/N-ethyl adjacent to an activating group) is 1. The Morgan fingerprint density at radius 1 is 0.967 bits per heavy atom. The number of aliphatic hydroxyl groups is 2. The highest BCUT2D eigenvalue weighted by Crippen LogP contribution is 2.61. The Hall–Kier alpha value is -3.93. The van der Waals surface area contributed by atoms with E-state index in [-0.39, 0.29) is 50.0 Å². The van der Waals surface area contributed by atoms with Gasteiger partial charge in [-0.2, -0.15) is 0 Å². The highest BCUT2D eigenvalue weighted by molar-refractivity contribution is 6.02. The second kappa shape index (κ2) is 24.5. The van der Waals surface area contributed by atoms with Gasteiger partial charge >= 0.3 is 6.09 Å². The second-order valence-corrected chi connectivity index (χ2v) is 16.7. The monoisotopic (exact) mass is 835 g/mol. The molecule has 2 N–H and O–H groups in total. The Balaban J connectivity index is 1.49. The zero-order chi connectivity index (χ0) is 42.7. The van der Waals surface area contributed by atoms with Crippen molar-refractivity contribution in [3.8, 4) is 11.5 Å². The van der Waals surface area contributed by atoms with Crippen molar-refractivity contribution in [2.24, 2.45) is 22.9 Å². The summed E-state index contributed by atoms with van der Waals surface area (Å²) >= 11 is 0. The number of halogens is 1. The third-order valence-corrected chi connectivity index (χ3v) is 12.7. The van der Waals surface area contributed by atoms with Crippen LogP contribution in [0.25, 0.3) is 0 Å². The van der Waals surface area contributed by atoms with E-state index in [0.717, 1.165) is 56.1 Å². The van der Waals surface area contributed by atoms with E-state index in [1.165, 1.54) is 58.1 Å². The molecule has 3 aliphatic rings. The number of allylic oxidation sites excluding steroid dienone is 1. The largest absolute Gasteiger partial charge is 0.489 e. The minimum atomic E-state index is -1.36. The van der Waals surface area contributed by atoms with Crippen LogP contribution in [0.15, 0.2) is 71.9 Å². The van der Waals surface area contributed by atoms with Crippen molar-refractivity contribution in [1.29, 1.82) is 0 Å². The van der Waals surface area contributed by atoms with Crippen LogP contribution in [-0.4, -0.2) is 79.3 Å². The molecule has 2 aromatic rings. The third-order valence-electron chi connectivity index (χ3n) is 12.7. The first-order valence-electron chi connectivity index (χ1n) is 22.7. The minimum Gasteiger partial charge on any atom is -0.489 e. The molecule has 10 nitrogen and oxygen atoms in total. The maximum atomic E-state index is 14.7. The zero-order valence-electron chi connectivity index (χ0n) is 36.5. The molecule has 0 spiro atoms. The van der Waals surface area contributed by atoms with Crippen molar-refractivity contribution in [1.82, 2.24) is 4.90 Å². The van der Waals surface area contributed by atoms with Gasteiger partial charge in [0.2, 0.25) is 5.79 Å². The first-order valence-corrected chi connectivity index (χ1v) is 22.7. The Bertz CT molecular complexity index is 1700. The summed E-state index contributed by atoms with van der Waals surface area (Å²) in [6.07, 6.45) is 20.3. The number of hydrogen-bond acceptors (Lipinski definition) is 9. The summed E-state index contributed by atoms with van der Waals surface area (Å²) in [6, 6.07) is 11.7. The molecule has 0 bridgehead atoms. The maximum Gasteiger partial charge on any atom is 0.409 e. The van der Waals surface area contributed by atoms with Crippen LogP contribution in [0.2, 0.25) is 0 Å². The van der Waals surface area contributed by atoms with Crippen molar-refractivity contribution in [2.75, 3.05) is 40.6 Å². The lowest BCUT2D eigenvalue weighted by atomic mass is 9.55. The Kier molecular flexibility index (Phi) is 19.2. The average Bonchev–Trinajstić information content (AvgIpc) is 3.25. The van der Waals surface area contributed by atoms with Gasteiger partial charge in [0, 0.05) is 43.7 Å². The van der Waals surface area contributed by atoms with E-state index < -0.39 is 23.8 Å². The SMILES string of the molecule is C=CCOC12Oc3ccc(OCc4ccccc4F)cc3C3C(CCCCO)C(CCCCO)C=C(C(=NOC)CC1N(C)C(=O)OCCCCCCCCCCCC)C32. The number of benzene rings is 2. The summed E-state index contributed by atoms with van der Waals surface area (Å²) in [4.78, 5) is 21.2. The number of nitrogens with zero attached hydrogens (tertiary/aromatic N) is 2. The summed E-state index contributed by atoms with van der Waals surface area (Å²) in [5, 5.41) is 24.3. The highest BCUT2D eigenvalue weighted by Gasteiger charge is 2.65. The molecule has 6 atom stereocenters. The van der Waals surface area contributed by atoms with E-state index >= 15 is 0 Å². The molecule has 11 heteroatoms. The van der Waals surface area contributed by atoms with Gasteiger partial charge in [0.05, 0.1) is 24.8 Å². The fourth-order valence-corrected chi connectivity index (χ4v) is 9.68. The molecular formula is C49H71FN2O8. The normalized spacial score (nSPS) is 23.5. The summed E-state index contributed by atoms with van der Waals surface area (Å²) in [5.41, 5.74) is 3.05. The maximum absolute atomic E-state index is 14.7. The zero-order valence-corrected chi connectivity index (χ0v) is 36.5. The van der Waals surface area contributed by atoms with Crippen LogP contribution in [0.4, 0.5) is 9.18 Å². The molecule has 0 aromatic heterocycles. The lowest BCUT2D eigenvalue weighted by Gasteiger charge is -2.59. The van der Waals surface area contributed by atoms with Crippen LogP contribution in [0.5, 0.6) is 11.5 Å². The number of carbonyl (C=O) groups is 1. The molecular weight excluding hydrogens is 764 g/mol. The fourth-order valence-electron chi connectivity index (χ4n) is 9.68. The molecule has 1 fully saturated rings. The predicted octanol–water partition coefficient (Wildman–Crippen LogP) is 10.7. The number of unbranched alkanes of at least 4 members (excludes halogenated alkanes) is 11. The molecule has 1 heterocycles. The number of aliphatic hydroxyl groups excluding tert-OH is 2. The van der Waals surface area contributed by atoms with Gasteiger partial charge in [0.1, 0.15) is 37.1 Å². The second-order valence-electron chi connectivity index (χ2n) is 16.7. The molecule has 1 amide bonds. The first-order chi connectivity index (χ1) is 29.3. The van der Waals surface area contributed by atoms with E-state index in [1.807, 2.05) is 18.2 Å². The van der Waals surface area contributed by atoms with E-state index in [0.29, 0.717) is 48.6 Å². The molecule has 332 valence electrons. The van der Waals surface area contributed by atoms with Crippen LogP contribution in [0.3, 0.4) is 0 Å². The van der Waals surface area contributed by atoms with Crippen molar-refractivity contribution in [2.45, 2.75) is 140 Å². The van der Waals surface area contributed by atoms with E-state index in [9.17, 15) is 19.4 Å². The van der Waals surface area contributed by atoms with Crippen LogP contribution >= 0.6 is 0 Å². The Labute approximate surface area is 358 Å². The van der Waals surface area contributed by atoms with Crippen LogP contribution in [0, 0.1) is 23.6 Å². The smallest absolute Gasteiger partial charge is 0.409 e. The predicted molar refractivity (Wildman–Crippen MR) is 234 cm³/mol. The van der Waals surface area contributed by atoms with Gasteiger partial charge < -0.3 is 38.9 Å². The average molecular weight is 835 g/mol. The van der Waals surface area contributed by atoms with Crippen LogP contribution < -0.4 is 9.47 Å². The summed E-state index contributed by atoms with van der Waals surface area (Å²) in [7, 11) is 3.28. The van der Waals surface area contributed by atoms with Crippen LogP contribution in [-0.2, 0) is 20.9 Å². The van der Waals surface area contributed by atoms with Gasteiger partial charge in [-0.05, 0) is 73.8 Å². The van der Waals surface area contributed by atoms with Gasteiger partial charge in [-0.1, -0.05) is 113 Å². The van der Waals surface area contributed by atoms with Crippen molar-refractivity contribution >= 4 is 11.8 Å². The molecule has 0 saturated heterocycles. The standard InChI is InChI=1S/C49H71FN2O8/c1-5-7-8-9-10-11-12-13-14-21-31-57-48(55)52(3)45-34-43(51-56-4)40-32-36(22-17-19-28-53)39(24-18-20-29-54)46-41-33-38(58-35-37-23-15-16-25-42(37)50)26-27-44(41)60-49(45,47(40)46)59-30-6-2/h6,15-16,23,25-27,32-33,36,39,45-47,53-54H,2,5,7-14,17-22,24,28-31,34-35H2,1,3-4H3. The summed E-state index contributed by atoms with van der Waals surface area (Å²) < 4.78 is 41.0. The number of oxime groups is 1. The van der Waals surface area contributed by atoms with Gasteiger partial charge in [-0.3, -0.25) is 0 Å². The number of carbonyl (C=O) groups excluding carboxylic acids is 1. The molecule has 2 aromatic carbocycles. The molecule has 60 heavy (non-hydrogen) atoms. The molecule has 0 radical (unpaired) electrons. The molecule has 1 aliphatic heterocycles.